The summed E-state index contributed by atoms with van der Waals surface area (Å²) in [6.45, 7) is 1.70. The molecule has 0 aliphatic carbocycles. The maximum atomic E-state index is 12.2. The zero-order valence-electron chi connectivity index (χ0n) is 10.1. The average Bonchev–Trinajstić information content (AvgIpc) is 3.03. The molecule has 2 N–H and O–H groups in total. The summed E-state index contributed by atoms with van der Waals surface area (Å²) in [5, 5.41) is 15.4. The first kappa shape index (κ1) is 11.9. The van der Waals surface area contributed by atoms with Gasteiger partial charge in [-0.3, -0.25) is 9.59 Å². The number of hydrogen-bond donors (Lipinski definition) is 2. The van der Waals surface area contributed by atoms with Crippen molar-refractivity contribution in [3.05, 3.63) is 24.0 Å². The zero-order chi connectivity index (χ0) is 13.6. The van der Waals surface area contributed by atoms with E-state index < -0.39 is 35.9 Å². The number of carboxylic acids is 1. The standard InChI is InChI=1S/C12H12N2O5/c1-5-4-8(14-19-5)13-11(15)9-6-2-3-7(18-6)10(9)12(16)17/h2-4,6-7,9-10H,1H3,(H,16,17)(H,13,14,15)/t6-,7-,9-,10+/m1/s1. The van der Waals surface area contributed by atoms with Gasteiger partial charge in [0.05, 0.1) is 18.1 Å². The van der Waals surface area contributed by atoms with Crippen molar-refractivity contribution in [2.24, 2.45) is 11.8 Å². The van der Waals surface area contributed by atoms with Gasteiger partial charge in [-0.05, 0) is 6.92 Å². The molecule has 19 heavy (non-hydrogen) atoms. The molecule has 7 nitrogen and oxygen atoms in total. The van der Waals surface area contributed by atoms with E-state index in [-0.39, 0.29) is 5.82 Å². The number of carbonyl (C=O) groups excluding carboxylic acids is 1. The summed E-state index contributed by atoms with van der Waals surface area (Å²) in [5.41, 5.74) is 0. The van der Waals surface area contributed by atoms with Gasteiger partial charge in [-0.25, -0.2) is 0 Å². The van der Waals surface area contributed by atoms with Crippen molar-refractivity contribution in [1.82, 2.24) is 5.16 Å². The number of carboxylic acid groups (broad SMARTS) is 1. The van der Waals surface area contributed by atoms with Crippen LogP contribution in [0.1, 0.15) is 5.76 Å². The third-order valence-corrected chi connectivity index (χ3v) is 3.37. The number of fused-ring (bicyclic) bond motifs is 2. The Labute approximate surface area is 108 Å². The lowest BCUT2D eigenvalue weighted by molar-refractivity contribution is -0.145. The summed E-state index contributed by atoms with van der Waals surface area (Å²) >= 11 is 0. The van der Waals surface area contributed by atoms with Gasteiger partial charge in [0.15, 0.2) is 5.82 Å². The number of aliphatic carboxylic acids is 1. The van der Waals surface area contributed by atoms with Crippen LogP contribution in [-0.2, 0) is 14.3 Å². The molecule has 1 aromatic heterocycles. The SMILES string of the molecule is Cc1cc(NC(=O)[C@H]2[C@@H](C(=O)O)[C@H]3C=C[C@H]2O3)no1. The Balaban J connectivity index is 1.79. The molecule has 4 atom stereocenters. The Morgan fingerprint density at radius 3 is 2.58 bits per heavy atom. The van der Waals surface area contributed by atoms with Gasteiger partial charge in [0, 0.05) is 6.07 Å². The molecule has 100 valence electrons. The average molecular weight is 264 g/mol. The third-order valence-electron chi connectivity index (χ3n) is 3.37. The second kappa shape index (κ2) is 4.20. The Hall–Kier alpha value is -2.15. The van der Waals surface area contributed by atoms with E-state index in [1.165, 1.54) is 0 Å². The fraction of sp³-hybridized carbons (Fsp3) is 0.417. The van der Waals surface area contributed by atoms with Crippen molar-refractivity contribution in [2.75, 3.05) is 5.32 Å². The molecule has 0 aromatic carbocycles. The second-order valence-electron chi connectivity index (χ2n) is 4.65. The quantitative estimate of drug-likeness (QED) is 0.774. The molecule has 3 rings (SSSR count). The predicted molar refractivity (Wildman–Crippen MR) is 62.3 cm³/mol. The molecular weight excluding hydrogens is 252 g/mol. The monoisotopic (exact) mass is 264 g/mol. The number of carbonyl (C=O) groups is 2. The fourth-order valence-electron chi connectivity index (χ4n) is 2.55. The van der Waals surface area contributed by atoms with E-state index >= 15 is 0 Å². The van der Waals surface area contributed by atoms with Crippen LogP contribution in [0.4, 0.5) is 5.82 Å². The molecule has 1 fully saturated rings. The molecule has 1 aromatic rings. The van der Waals surface area contributed by atoms with E-state index in [9.17, 15) is 14.7 Å². The minimum absolute atomic E-state index is 0.276. The smallest absolute Gasteiger partial charge is 0.310 e. The van der Waals surface area contributed by atoms with Gasteiger partial charge in [0.25, 0.3) is 0 Å². The topological polar surface area (TPSA) is 102 Å². The third kappa shape index (κ3) is 1.91. The minimum Gasteiger partial charge on any atom is -0.481 e. The van der Waals surface area contributed by atoms with E-state index in [4.69, 9.17) is 9.26 Å². The molecule has 0 unspecified atom stereocenters. The van der Waals surface area contributed by atoms with E-state index in [2.05, 4.69) is 10.5 Å². The molecule has 0 radical (unpaired) electrons. The van der Waals surface area contributed by atoms with Crippen molar-refractivity contribution < 1.29 is 24.0 Å². The molecule has 0 spiro atoms. The van der Waals surface area contributed by atoms with Crippen molar-refractivity contribution in [3.63, 3.8) is 0 Å². The Morgan fingerprint density at radius 1 is 1.32 bits per heavy atom. The first-order chi connectivity index (χ1) is 9.06. The van der Waals surface area contributed by atoms with Crippen molar-refractivity contribution in [2.45, 2.75) is 19.1 Å². The highest BCUT2D eigenvalue weighted by Crippen LogP contribution is 2.39. The summed E-state index contributed by atoms with van der Waals surface area (Å²) in [6.07, 6.45) is 2.40. The molecule has 1 amide bonds. The van der Waals surface area contributed by atoms with Crippen molar-refractivity contribution in [1.29, 1.82) is 0 Å². The zero-order valence-corrected chi connectivity index (χ0v) is 10.1. The van der Waals surface area contributed by atoms with Crippen molar-refractivity contribution >= 4 is 17.7 Å². The number of anilines is 1. The molecule has 2 bridgehead atoms. The van der Waals surface area contributed by atoms with E-state index in [0.29, 0.717) is 5.76 Å². The lowest BCUT2D eigenvalue weighted by Gasteiger charge is -2.20. The van der Waals surface area contributed by atoms with Crippen LogP contribution >= 0.6 is 0 Å². The molecule has 2 aliphatic heterocycles. The van der Waals surface area contributed by atoms with Crippen LogP contribution in [0.2, 0.25) is 0 Å². The largest absolute Gasteiger partial charge is 0.481 e. The lowest BCUT2D eigenvalue weighted by Crippen LogP contribution is -2.39. The summed E-state index contributed by atoms with van der Waals surface area (Å²) in [7, 11) is 0. The molecule has 3 heterocycles. The van der Waals surface area contributed by atoms with E-state index in [1.54, 1.807) is 25.1 Å². The van der Waals surface area contributed by atoms with Crippen LogP contribution in [0.3, 0.4) is 0 Å². The minimum atomic E-state index is -1.03. The van der Waals surface area contributed by atoms with Crippen LogP contribution in [0, 0.1) is 18.8 Å². The molecule has 2 aliphatic rings. The highest BCUT2D eigenvalue weighted by atomic mass is 16.5. The maximum Gasteiger partial charge on any atom is 0.310 e. The van der Waals surface area contributed by atoms with Crippen LogP contribution in [0.5, 0.6) is 0 Å². The molecule has 7 heteroatoms. The lowest BCUT2D eigenvalue weighted by atomic mass is 9.82. The summed E-state index contributed by atoms with van der Waals surface area (Å²) in [6, 6.07) is 1.57. The summed E-state index contributed by atoms with van der Waals surface area (Å²) in [5.74, 6) is -2.22. The van der Waals surface area contributed by atoms with Crippen LogP contribution < -0.4 is 5.32 Å². The van der Waals surface area contributed by atoms with E-state index in [1.807, 2.05) is 0 Å². The number of nitrogens with zero attached hydrogens (tertiary/aromatic N) is 1. The first-order valence-corrected chi connectivity index (χ1v) is 5.87. The fourth-order valence-corrected chi connectivity index (χ4v) is 2.55. The highest BCUT2D eigenvalue weighted by Gasteiger charge is 2.53. The van der Waals surface area contributed by atoms with Crippen LogP contribution in [-0.4, -0.2) is 34.3 Å². The first-order valence-electron chi connectivity index (χ1n) is 5.87. The number of ether oxygens (including phenoxy) is 1. The summed E-state index contributed by atoms with van der Waals surface area (Å²) in [4.78, 5) is 23.4. The van der Waals surface area contributed by atoms with Crippen LogP contribution in [0.25, 0.3) is 0 Å². The van der Waals surface area contributed by atoms with Crippen molar-refractivity contribution in [3.8, 4) is 0 Å². The van der Waals surface area contributed by atoms with Gasteiger partial charge in [0.2, 0.25) is 5.91 Å². The number of aryl methyl sites for hydroxylation is 1. The molecule has 1 saturated heterocycles. The van der Waals surface area contributed by atoms with Gasteiger partial charge in [-0.15, -0.1) is 0 Å². The molecular formula is C12H12N2O5. The Kier molecular flexibility index (Phi) is 2.63. The maximum absolute atomic E-state index is 12.2. The van der Waals surface area contributed by atoms with Gasteiger partial charge in [-0.1, -0.05) is 17.3 Å². The van der Waals surface area contributed by atoms with Crippen LogP contribution in [0.15, 0.2) is 22.7 Å². The number of nitrogens with one attached hydrogen (secondary N) is 1. The Morgan fingerprint density at radius 2 is 2.00 bits per heavy atom. The normalized spacial score (nSPS) is 31.6. The number of amides is 1. The highest BCUT2D eigenvalue weighted by molar-refractivity contribution is 5.96. The predicted octanol–water partition coefficient (Wildman–Crippen LogP) is 0.576. The van der Waals surface area contributed by atoms with E-state index in [0.717, 1.165) is 0 Å². The number of aromatic nitrogens is 1. The second-order valence-corrected chi connectivity index (χ2v) is 4.65. The van der Waals surface area contributed by atoms with Gasteiger partial charge in [0.1, 0.15) is 11.7 Å². The number of rotatable bonds is 3. The Bertz CT molecular complexity index is 564. The number of hydrogen-bond acceptors (Lipinski definition) is 5. The summed E-state index contributed by atoms with van der Waals surface area (Å²) < 4.78 is 10.3. The molecule has 0 saturated carbocycles. The van der Waals surface area contributed by atoms with Gasteiger partial charge < -0.3 is 19.7 Å². The van der Waals surface area contributed by atoms with Gasteiger partial charge in [-0.2, -0.15) is 0 Å². The van der Waals surface area contributed by atoms with Gasteiger partial charge >= 0.3 is 5.97 Å².